The zero-order chi connectivity index (χ0) is 22.1. The lowest BCUT2D eigenvalue weighted by molar-refractivity contribution is 0.0202. The van der Waals surface area contributed by atoms with Gasteiger partial charge in [0.2, 0.25) is 5.89 Å². The second kappa shape index (κ2) is 11.7. The van der Waals surface area contributed by atoms with Crippen LogP contribution in [0.2, 0.25) is 0 Å². The summed E-state index contributed by atoms with van der Waals surface area (Å²) in [7, 11) is 0. The van der Waals surface area contributed by atoms with Crippen molar-refractivity contribution < 1.29 is 9.15 Å². The minimum Gasteiger partial charge on any atom is -0.475 e. The highest BCUT2D eigenvalue weighted by Crippen LogP contribution is 2.21. The van der Waals surface area contributed by atoms with Gasteiger partial charge in [-0.15, -0.1) is 0 Å². The molecule has 1 unspecified atom stereocenters. The summed E-state index contributed by atoms with van der Waals surface area (Å²) in [6.45, 7) is 10.9. The van der Waals surface area contributed by atoms with E-state index in [1.54, 1.807) is 0 Å². The van der Waals surface area contributed by atoms with Gasteiger partial charge in [-0.25, -0.2) is 4.98 Å². The van der Waals surface area contributed by atoms with Crippen LogP contribution in [0.25, 0.3) is 23.3 Å². The number of ether oxygens (including phenoxy) is 1. The van der Waals surface area contributed by atoms with Gasteiger partial charge in [0.1, 0.15) is 11.3 Å². The van der Waals surface area contributed by atoms with Crippen molar-refractivity contribution in [3.63, 3.8) is 0 Å². The van der Waals surface area contributed by atoms with Crippen LogP contribution in [0.1, 0.15) is 69.9 Å². The van der Waals surface area contributed by atoms with Gasteiger partial charge in [-0.05, 0) is 67.7 Å². The molecule has 0 aliphatic heterocycles. The molecule has 1 aromatic heterocycles. The number of hydrogen-bond acceptors (Lipinski definition) is 4. The van der Waals surface area contributed by atoms with Gasteiger partial charge in [-0.1, -0.05) is 51.8 Å². The van der Waals surface area contributed by atoms with Gasteiger partial charge in [0, 0.05) is 19.2 Å². The monoisotopic (exact) mass is 420 g/mol. The topological polar surface area (TPSA) is 38.5 Å². The van der Waals surface area contributed by atoms with E-state index in [4.69, 9.17) is 9.15 Å². The molecule has 3 aromatic rings. The molecule has 31 heavy (non-hydrogen) atoms. The summed E-state index contributed by atoms with van der Waals surface area (Å²) in [6.07, 6.45) is 9.88. The molecule has 0 saturated heterocycles. The van der Waals surface area contributed by atoms with Crippen molar-refractivity contribution in [1.82, 2.24) is 9.88 Å². The number of unbranched alkanes of at least 4 members (excludes halogenated alkanes) is 2. The SMILES string of the molecule is CCCCN(CCCC)C(CC)Oc1ccc(/C=C/c2nc3cc(C)ccc3o2)cc1. The first kappa shape index (κ1) is 23.1. The lowest BCUT2D eigenvalue weighted by Gasteiger charge is -2.31. The summed E-state index contributed by atoms with van der Waals surface area (Å²) in [5.74, 6) is 1.54. The van der Waals surface area contributed by atoms with Crippen LogP contribution in [0.15, 0.2) is 46.9 Å². The third-order valence-electron chi connectivity index (χ3n) is 5.48. The summed E-state index contributed by atoms with van der Waals surface area (Å²) in [6, 6.07) is 14.3. The molecule has 0 spiro atoms. The molecule has 0 radical (unpaired) electrons. The molecule has 2 aromatic carbocycles. The van der Waals surface area contributed by atoms with Crippen molar-refractivity contribution in [3.05, 3.63) is 59.5 Å². The average molecular weight is 421 g/mol. The molecule has 0 N–H and O–H groups in total. The second-order valence-electron chi connectivity index (χ2n) is 8.15. The maximum atomic E-state index is 6.36. The Bertz CT molecular complexity index is 951. The molecule has 166 valence electrons. The average Bonchev–Trinajstić information content (AvgIpc) is 3.19. The van der Waals surface area contributed by atoms with E-state index >= 15 is 0 Å². The fourth-order valence-electron chi connectivity index (χ4n) is 3.65. The first-order valence-corrected chi connectivity index (χ1v) is 11.7. The normalized spacial score (nSPS) is 12.8. The number of nitrogens with zero attached hydrogens (tertiary/aromatic N) is 2. The minimum absolute atomic E-state index is 0.127. The largest absolute Gasteiger partial charge is 0.475 e. The van der Waals surface area contributed by atoms with Gasteiger partial charge in [0.05, 0.1) is 0 Å². The summed E-state index contributed by atoms with van der Waals surface area (Å²) in [5.41, 5.74) is 3.98. The van der Waals surface area contributed by atoms with E-state index in [-0.39, 0.29) is 6.23 Å². The Morgan fingerprint density at radius 3 is 2.32 bits per heavy atom. The van der Waals surface area contributed by atoms with Crippen LogP contribution in [-0.2, 0) is 0 Å². The van der Waals surface area contributed by atoms with Gasteiger partial charge in [0.25, 0.3) is 0 Å². The van der Waals surface area contributed by atoms with Crippen LogP contribution in [0, 0.1) is 6.92 Å². The summed E-state index contributed by atoms with van der Waals surface area (Å²) < 4.78 is 12.2. The number of aryl methyl sites for hydroxylation is 1. The molecule has 0 bridgehead atoms. The van der Waals surface area contributed by atoms with E-state index in [9.17, 15) is 0 Å². The lowest BCUT2D eigenvalue weighted by Crippen LogP contribution is -2.40. The highest BCUT2D eigenvalue weighted by atomic mass is 16.5. The number of fused-ring (bicyclic) bond motifs is 1. The highest BCUT2D eigenvalue weighted by Gasteiger charge is 2.17. The van der Waals surface area contributed by atoms with Crippen LogP contribution in [0.3, 0.4) is 0 Å². The van der Waals surface area contributed by atoms with Crippen molar-refractivity contribution >= 4 is 23.3 Å². The first-order chi connectivity index (χ1) is 15.1. The molecule has 0 aliphatic carbocycles. The lowest BCUT2D eigenvalue weighted by atomic mass is 10.2. The molecule has 1 heterocycles. The smallest absolute Gasteiger partial charge is 0.220 e. The summed E-state index contributed by atoms with van der Waals surface area (Å²) in [4.78, 5) is 7.04. The molecule has 0 amide bonds. The number of benzene rings is 2. The molecule has 0 fully saturated rings. The Balaban J connectivity index is 1.64. The van der Waals surface area contributed by atoms with E-state index in [2.05, 4.69) is 61.8 Å². The molecule has 1 atom stereocenters. The fourth-order valence-corrected chi connectivity index (χ4v) is 3.65. The van der Waals surface area contributed by atoms with Gasteiger partial charge in [-0.3, -0.25) is 4.90 Å². The van der Waals surface area contributed by atoms with Gasteiger partial charge in [0.15, 0.2) is 11.8 Å². The quantitative estimate of drug-likeness (QED) is 0.288. The second-order valence-corrected chi connectivity index (χ2v) is 8.15. The third-order valence-corrected chi connectivity index (χ3v) is 5.48. The Hall–Kier alpha value is -2.59. The predicted octanol–water partition coefficient (Wildman–Crippen LogP) is 7.32. The molecule has 4 nitrogen and oxygen atoms in total. The predicted molar refractivity (Wildman–Crippen MR) is 130 cm³/mol. The molecule has 3 rings (SSSR count). The van der Waals surface area contributed by atoms with Crippen molar-refractivity contribution in [2.45, 2.75) is 66.0 Å². The van der Waals surface area contributed by atoms with Crippen molar-refractivity contribution in [3.8, 4) is 5.75 Å². The Morgan fingerprint density at radius 2 is 1.68 bits per heavy atom. The molecule has 0 aliphatic rings. The van der Waals surface area contributed by atoms with Crippen LogP contribution in [0.4, 0.5) is 0 Å². The number of oxazole rings is 1. The Labute approximate surface area is 186 Å². The maximum absolute atomic E-state index is 6.36. The molecular formula is C27H36N2O2. The van der Waals surface area contributed by atoms with Crippen LogP contribution < -0.4 is 4.74 Å². The van der Waals surface area contributed by atoms with Gasteiger partial charge < -0.3 is 9.15 Å². The number of aromatic nitrogens is 1. The summed E-state index contributed by atoms with van der Waals surface area (Å²) >= 11 is 0. The van der Waals surface area contributed by atoms with E-state index in [1.807, 2.05) is 30.4 Å². The van der Waals surface area contributed by atoms with Crippen molar-refractivity contribution in [2.24, 2.45) is 0 Å². The first-order valence-electron chi connectivity index (χ1n) is 11.7. The third kappa shape index (κ3) is 6.70. The number of rotatable bonds is 12. The standard InChI is InChI=1S/C27H36N2O2/c1-5-8-18-29(19-9-6-2)27(7-3)30-23-14-11-22(12-15-23)13-17-26-28-24-20-21(4)10-16-25(24)31-26/h10-17,20,27H,5-9,18-19H2,1-4H3/b17-13+. The zero-order valence-corrected chi connectivity index (χ0v) is 19.4. The summed E-state index contributed by atoms with van der Waals surface area (Å²) in [5, 5.41) is 0. The van der Waals surface area contributed by atoms with Crippen molar-refractivity contribution in [1.29, 1.82) is 0 Å². The molecular weight excluding hydrogens is 384 g/mol. The van der Waals surface area contributed by atoms with Crippen molar-refractivity contribution in [2.75, 3.05) is 13.1 Å². The van der Waals surface area contributed by atoms with Crippen LogP contribution >= 0.6 is 0 Å². The van der Waals surface area contributed by atoms with Crippen LogP contribution in [-0.4, -0.2) is 29.2 Å². The maximum Gasteiger partial charge on any atom is 0.220 e. The molecule has 0 saturated carbocycles. The molecule has 4 heteroatoms. The Kier molecular flexibility index (Phi) is 8.72. The van der Waals surface area contributed by atoms with E-state index in [0.29, 0.717) is 5.89 Å². The van der Waals surface area contributed by atoms with E-state index in [1.165, 1.54) is 31.2 Å². The highest BCUT2D eigenvalue weighted by molar-refractivity contribution is 5.76. The van der Waals surface area contributed by atoms with Crippen LogP contribution in [0.5, 0.6) is 5.75 Å². The Morgan fingerprint density at radius 1 is 0.968 bits per heavy atom. The fraction of sp³-hybridized carbons (Fsp3) is 0.444. The van der Waals surface area contributed by atoms with Gasteiger partial charge >= 0.3 is 0 Å². The van der Waals surface area contributed by atoms with E-state index in [0.717, 1.165) is 41.9 Å². The number of hydrogen-bond donors (Lipinski definition) is 0. The van der Waals surface area contributed by atoms with E-state index < -0.39 is 0 Å². The minimum atomic E-state index is 0.127. The zero-order valence-electron chi connectivity index (χ0n) is 19.4. The van der Waals surface area contributed by atoms with Gasteiger partial charge in [-0.2, -0.15) is 0 Å².